The number of alkyl halides is 3. The van der Waals surface area contributed by atoms with E-state index >= 15 is 0 Å². The molecule has 70 valence electrons. The van der Waals surface area contributed by atoms with Crippen LogP contribution >= 0.6 is 11.8 Å². The molecule has 0 N–H and O–H groups in total. The Labute approximate surface area is 72.1 Å². The second kappa shape index (κ2) is 3.55. The van der Waals surface area contributed by atoms with Gasteiger partial charge in [0.2, 0.25) is 6.41 Å². The molecule has 0 saturated carbocycles. The van der Waals surface area contributed by atoms with Crippen LogP contribution in [0, 0.1) is 0 Å². The summed E-state index contributed by atoms with van der Waals surface area (Å²) >= 11 is 1.18. The second-order valence-corrected chi connectivity index (χ2v) is 3.77. The molecule has 1 fully saturated rings. The van der Waals surface area contributed by atoms with Gasteiger partial charge in [0, 0.05) is 12.3 Å². The Morgan fingerprint density at radius 3 is 2.75 bits per heavy atom. The topological polar surface area (TPSA) is 20.3 Å². The first kappa shape index (κ1) is 9.70. The van der Waals surface area contributed by atoms with Crippen molar-refractivity contribution in [1.29, 1.82) is 0 Å². The summed E-state index contributed by atoms with van der Waals surface area (Å²) in [5.74, 6) is 0.597. The summed E-state index contributed by atoms with van der Waals surface area (Å²) in [5.41, 5.74) is 0. The lowest BCUT2D eigenvalue weighted by atomic mass is 10.4. The highest BCUT2D eigenvalue weighted by Gasteiger charge is 2.36. The van der Waals surface area contributed by atoms with Crippen LogP contribution in [0.3, 0.4) is 0 Å². The highest BCUT2D eigenvalue weighted by molar-refractivity contribution is 8.00. The normalized spacial score (nSPS) is 24.6. The standard InChI is InChI=1S/C6H8F3NOS/c7-6(8,9)3-5-10(4-11)1-2-12-5/h4-5H,1-3H2. The Bertz CT molecular complexity index is 173. The van der Waals surface area contributed by atoms with E-state index in [0.717, 1.165) is 0 Å². The average molecular weight is 199 g/mol. The predicted octanol–water partition coefficient (Wildman–Crippen LogP) is 1.47. The maximum Gasteiger partial charge on any atom is 0.391 e. The number of rotatable bonds is 2. The molecule has 1 aliphatic rings. The molecule has 0 aliphatic carbocycles. The molecular weight excluding hydrogens is 191 g/mol. The van der Waals surface area contributed by atoms with E-state index in [9.17, 15) is 18.0 Å². The van der Waals surface area contributed by atoms with Gasteiger partial charge in [-0.2, -0.15) is 13.2 Å². The lowest BCUT2D eigenvalue weighted by Gasteiger charge is -2.19. The first-order valence-electron chi connectivity index (χ1n) is 3.42. The van der Waals surface area contributed by atoms with E-state index in [1.165, 1.54) is 16.7 Å². The van der Waals surface area contributed by atoms with Crippen molar-refractivity contribution in [1.82, 2.24) is 4.90 Å². The Kier molecular flexibility index (Phi) is 2.87. The number of carbonyl (C=O) groups is 1. The monoisotopic (exact) mass is 199 g/mol. The number of nitrogens with zero attached hydrogens (tertiary/aromatic N) is 1. The molecule has 0 spiro atoms. The quantitative estimate of drug-likeness (QED) is 0.628. The number of halogens is 3. The summed E-state index contributed by atoms with van der Waals surface area (Å²) in [5, 5.41) is -0.706. The summed E-state index contributed by atoms with van der Waals surface area (Å²) < 4.78 is 35.6. The Hall–Kier alpha value is -0.390. The molecular formula is C6H8F3NOS. The lowest BCUT2D eigenvalue weighted by Crippen LogP contribution is -2.30. The molecule has 6 heteroatoms. The van der Waals surface area contributed by atoms with Crippen molar-refractivity contribution in [2.24, 2.45) is 0 Å². The van der Waals surface area contributed by atoms with Gasteiger partial charge < -0.3 is 4.90 Å². The van der Waals surface area contributed by atoms with Gasteiger partial charge in [0.1, 0.15) is 0 Å². The summed E-state index contributed by atoms with van der Waals surface area (Å²) in [6.45, 7) is 0.426. The fourth-order valence-electron chi connectivity index (χ4n) is 1.03. The van der Waals surface area contributed by atoms with Gasteiger partial charge in [-0.05, 0) is 0 Å². The summed E-state index contributed by atoms with van der Waals surface area (Å²) in [4.78, 5) is 11.4. The second-order valence-electron chi connectivity index (χ2n) is 2.49. The molecule has 2 nitrogen and oxygen atoms in total. The number of amides is 1. The minimum absolute atomic E-state index is 0.426. The van der Waals surface area contributed by atoms with Crippen LogP contribution in [-0.4, -0.2) is 35.2 Å². The molecule has 1 atom stereocenters. The molecule has 0 bridgehead atoms. The maximum atomic E-state index is 11.9. The highest BCUT2D eigenvalue weighted by atomic mass is 32.2. The van der Waals surface area contributed by atoms with Crippen molar-refractivity contribution in [2.75, 3.05) is 12.3 Å². The molecule has 1 unspecified atom stereocenters. The van der Waals surface area contributed by atoms with Crippen molar-refractivity contribution in [3.8, 4) is 0 Å². The first-order chi connectivity index (χ1) is 5.53. The van der Waals surface area contributed by atoms with Crippen LogP contribution in [0.15, 0.2) is 0 Å². The van der Waals surface area contributed by atoms with Gasteiger partial charge in [0.15, 0.2) is 0 Å². The van der Waals surface area contributed by atoms with Crippen LogP contribution < -0.4 is 0 Å². The van der Waals surface area contributed by atoms with Crippen LogP contribution in [0.5, 0.6) is 0 Å². The van der Waals surface area contributed by atoms with Crippen molar-refractivity contribution in [3.05, 3.63) is 0 Å². The van der Waals surface area contributed by atoms with Crippen LogP contribution in [0.4, 0.5) is 13.2 Å². The third-order valence-corrected chi connectivity index (χ3v) is 2.81. The van der Waals surface area contributed by atoms with Gasteiger partial charge in [0.05, 0.1) is 11.8 Å². The zero-order valence-corrected chi connectivity index (χ0v) is 6.99. The van der Waals surface area contributed by atoms with Crippen LogP contribution in [0.25, 0.3) is 0 Å². The predicted molar refractivity (Wildman–Crippen MR) is 39.7 cm³/mol. The molecule has 1 amide bonds. The minimum atomic E-state index is -4.18. The molecule has 1 aliphatic heterocycles. The minimum Gasteiger partial charge on any atom is -0.332 e. The van der Waals surface area contributed by atoms with Crippen molar-refractivity contribution < 1.29 is 18.0 Å². The van der Waals surface area contributed by atoms with E-state index in [0.29, 0.717) is 18.7 Å². The van der Waals surface area contributed by atoms with E-state index in [2.05, 4.69) is 0 Å². The van der Waals surface area contributed by atoms with Crippen LogP contribution in [0.1, 0.15) is 6.42 Å². The highest BCUT2D eigenvalue weighted by Crippen LogP contribution is 2.32. The first-order valence-corrected chi connectivity index (χ1v) is 4.47. The lowest BCUT2D eigenvalue weighted by molar-refractivity contribution is -0.142. The van der Waals surface area contributed by atoms with Gasteiger partial charge in [-0.25, -0.2) is 0 Å². The number of thioether (sulfide) groups is 1. The fraction of sp³-hybridized carbons (Fsp3) is 0.833. The Morgan fingerprint density at radius 2 is 2.25 bits per heavy atom. The Morgan fingerprint density at radius 1 is 1.58 bits per heavy atom. The maximum absolute atomic E-state index is 11.9. The zero-order chi connectivity index (χ0) is 9.19. The van der Waals surface area contributed by atoms with E-state index in [-0.39, 0.29) is 0 Å². The van der Waals surface area contributed by atoms with Crippen molar-refractivity contribution >= 4 is 18.2 Å². The van der Waals surface area contributed by atoms with Crippen LogP contribution in [0.2, 0.25) is 0 Å². The zero-order valence-electron chi connectivity index (χ0n) is 6.17. The largest absolute Gasteiger partial charge is 0.391 e. The van der Waals surface area contributed by atoms with Gasteiger partial charge in [0.25, 0.3) is 0 Å². The fourth-order valence-corrected chi connectivity index (χ4v) is 2.27. The Balaban J connectivity index is 2.46. The number of carbonyl (C=O) groups excluding carboxylic acids is 1. The number of hydrogen-bond donors (Lipinski definition) is 0. The van der Waals surface area contributed by atoms with Crippen molar-refractivity contribution in [2.45, 2.75) is 18.0 Å². The molecule has 0 radical (unpaired) electrons. The van der Waals surface area contributed by atoms with Gasteiger partial charge >= 0.3 is 6.18 Å². The van der Waals surface area contributed by atoms with E-state index < -0.39 is 18.0 Å². The molecule has 0 aromatic carbocycles. The van der Waals surface area contributed by atoms with Crippen LogP contribution in [-0.2, 0) is 4.79 Å². The molecule has 0 aromatic rings. The summed E-state index contributed by atoms with van der Waals surface area (Å²) in [6.07, 6.45) is -4.60. The summed E-state index contributed by atoms with van der Waals surface area (Å²) in [6, 6.07) is 0. The van der Waals surface area contributed by atoms with E-state index in [4.69, 9.17) is 0 Å². The van der Waals surface area contributed by atoms with Crippen molar-refractivity contribution in [3.63, 3.8) is 0 Å². The third kappa shape index (κ3) is 2.58. The third-order valence-electron chi connectivity index (χ3n) is 1.57. The molecule has 1 rings (SSSR count). The molecule has 0 aromatic heterocycles. The van der Waals surface area contributed by atoms with E-state index in [1.54, 1.807) is 0 Å². The molecule has 12 heavy (non-hydrogen) atoms. The molecule has 1 saturated heterocycles. The van der Waals surface area contributed by atoms with Gasteiger partial charge in [-0.3, -0.25) is 4.79 Å². The molecule has 1 heterocycles. The van der Waals surface area contributed by atoms with Gasteiger partial charge in [-0.15, -0.1) is 11.8 Å². The smallest absolute Gasteiger partial charge is 0.332 e. The average Bonchev–Trinajstić information content (AvgIpc) is 2.31. The SMILES string of the molecule is O=CN1CCSC1CC(F)(F)F. The summed E-state index contributed by atoms with van der Waals surface area (Å²) in [7, 11) is 0. The number of hydrogen-bond acceptors (Lipinski definition) is 2. The van der Waals surface area contributed by atoms with Gasteiger partial charge in [-0.1, -0.05) is 0 Å². The van der Waals surface area contributed by atoms with E-state index in [1.807, 2.05) is 0 Å².